The first-order valence-corrected chi connectivity index (χ1v) is 9.25. The van der Waals surface area contributed by atoms with Crippen molar-refractivity contribution in [2.45, 2.75) is 9.37 Å². The largest absolute Gasteiger partial charge is 0.374 e. The SMILES string of the molecule is CN(C)c1nc2cc(C#N)c(C#N)cc2nc1S(=O)(=O)c1nnc(N)s1. The standard InChI is InChI=1S/C14H10N8O2S2/c1-22(2)11-12(26(23,24)14-21-20-13(17)25-14)19-10-4-8(6-16)7(5-15)3-9(10)18-11/h3-4H,1-2H3,(H2,17,20). The van der Waals surface area contributed by atoms with Crippen LogP contribution in [0.4, 0.5) is 10.9 Å². The van der Waals surface area contributed by atoms with Crippen molar-refractivity contribution < 1.29 is 8.42 Å². The average Bonchev–Trinajstić information content (AvgIpc) is 3.06. The fourth-order valence-electron chi connectivity index (χ4n) is 2.15. The number of benzene rings is 1. The molecule has 0 aliphatic rings. The van der Waals surface area contributed by atoms with E-state index in [1.54, 1.807) is 14.1 Å². The fourth-order valence-corrected chi connectivity index (χ4v) is 4.42. The highest BCUT2D eigenvalue weighted by Gasteiger charge is 2.30. The van der Waals surface area contributed by atoms with Crippen molar-refractivity contribution in [2.24, 2.45) is 0 Å². The number of nitrogen functional groups attached to an aromatic ring is 1. The molecule has 2 aromatic heterocycles. The highest BCUT2D eigenvalue weighted by atomic mass is 32.2. The molecule has 130 valence electrons. The van der Waals surface area contributed by atoms with Crippen molar-refractivity contribution in [1.82, 2.24) is 20.2 Å². The number of aromatic nitrogens is 4. The molecule has 2 heterocycles. The van der Waals surface area contributed by atoms with Crippen molar-refractivity contribution in [2.75, 3.05) is 24.7 Å². The third-order valence-electron chi connectivity index (χ3n) is 3.33. The monoisotopic (exact) mass is 386 g/mol. The molecule has 3 aromatic rings. The second-order valence-electron chi connectivity index (χ2n) is 5.27. The zero-order chi connectivity index (χ0) is 19.1. The summed E-state index contributed by atoms with van der Waals surface area (Å²) in [7, 11) is -0.900. The van der Waals surface area contributed by atoms with E-state index >= 15 is 0 Å². The van der Waals surface area contributed by atoms with Crippen LogP contribution < -0.4 is 10.6 Å². The number of nitrogens with zero attached hydrogens (tertiary/aromatic N) is 7. The lowest BCUT2D eigenvalue weighted by molar-refractivity contribution is 0.590. The predicted octanol–water partition coefficient (Wildman–Crippen LogP) is 0.706. The molecule has 26 heavy (non-hydrogen) atoms. The third-order valence-corrected chi connectivity index (χ3v) is 6.11. The van der Waals surface area contributed by atoms with Gasteiger partial charge in [-0.25, -0.2) is 18.4 Å². The van der Waals surface area contributed by atoms with E-state index in [1.807, 2.05) is 12.1 Å². The number of anilines is 2. The second-order valence-corrected chi connectivity index (χ2v) is 8.31. The van der Waals surface area contributed by atoms with Gasteiger partial charge in [0, 0.05) is 14.1 Å². The summed E-state index contributed by atoms with van der Waals surface area (Å²) in [6.07, 6.45) is 0. The lowest BCUT2D eigenvalue weighted by Gasteiger charge is -2.15. The number of hydrogen-bond donors (Lipinski definition) is 1. The molecular weight excluding hydrogens is 376 g/mol. The van der Waals surface area contributed by atoms with Gasteiger partial charge >= 0.3 is 0 Å². The van der Waals surface area contributed by atoms with E-state index in [-0.39, 0.29) is 37.0 Å². The molecule has 0 saturated heterocycles. The van der Waals surface area contributed by atoms with E-state index in [0.29, 0.717) is 16.9 Å². The molecule has 0 radical (unpaired) electrons. The molecule has 0 aliphatic heterocycles. The molecule has 10 nitrogen and oxygen atoms in total. The van der Waals surface area contributed by atoms with Crippen LogP contribution in [0.5, 0.6) is 0 Å². The highest BCUT2D eigenvalue weighted by molar-refractivity contribution is 7.93. The summed E-state index contributed by atoms with van der Waals surface area (Å²) in [5, 5.41) is 25.1. The van der Waals surface area contributed by atoms with E-state index < -0.39 is 9.84 Å². The van der Waals surface area contributed by atoms with Gasteiger partial charge in [0.1, 0.15) is 12.1 Å². The van der Waals surface area contributed by atoms with E-state index in [2.05, 4.69) is 20.2 Å². The molecule has 0 saturated carbocycles. The van der Waals surface area contributed by atoms with Crippen LogP contribution in [0.1, 0.15) is 11.1 Å². The van der Waals surface area contributed by atoms with Crippen LogP contribution in [0.2, 0.25) is 0 Å². The second kappa shape index (κ2) is 6.18. The molecule has 0 spiro atoms. The highest BCUT2D eigenvalue weighted by Crippen LogP contribution is 2.31. The molecule has 0 aliphatic carbocycles. The summed E-state index contributed by atoms with van der Waals surface area (Å²) in [6.45, 7) is 0. The first-order chi connectivity index (χ1) is 12.3. The Morgan fingerprint density at radius 1 is 1.08 bits per heavy atom. The van der Waals surface area contributed by atoms with Gasteiger partial charge in [-0.05, 0) is 12.1 Å². The Hall–Kier alpha value is -3.35. The summed E-state index contributed by atoms with van der Waals surface area (Å²) in [5.41, 5.74) is 6.15. The molecular formula is C14H10N8O2S2. The molecule has 0 bridgehead atoms. The topological polar surface area (TPSA) is 163 Å². The Labute approximate surface area is 152 Å². The van der Waals surface area contributed by atoms with Gasteiger partial charge in [0.15, 0.2) is 5.82 Å². The predicted molar refractivity (Wildman–Crippen MR) is 93.1 cm³/mol. The molecule has 3 rings (SSSR count). The molecule has 0 fully saturated rings. The third kappa shape index (κ3) is 2.77. The van der Waals surface area contributed by atoms with Crippen LogP contribution in [0, 0.1) is 22.7 Å². The maximum absolute atomic E-state index is 12.9. The van der Waals surface area contributed by atoms with E-state index in [4.69, 9.17) is 16.3 Å². The van der Waals surface area contributed by atoms with Gasteiger partial charge in [-0.3, -0.25) is 0 Å². The van der Waals surface area contributed by atoms with Crippen molar-refractivity contribution in [3.05, 3.63) is 23.3 Å². The Morgan fingerprint density at radius 3 is 2.12 bits per heavy atom. The molecule has 0 unspecified atom stereocenters. The number of fused-ring (bicyclic) bond motifs is 1. The van der Waals surface area contributed by atoms with Crippen molar-refractivity contribution in [3.8, 4) is 12.1 Å². The minimum Gasteiger partial charge on any atom is -0.374 e. The molecule has 12 heteroatoms. The quantitative estimate of drug-likeness (QED) is 0.678. The summed E-state index contributed by atoms with van der Waals surface area (Å²) in [4.78, 5) is 9.97. The summed E-state index contributed by atoms with van der Waals surface area (Å²) in [6, 6.07) is 6.51. The van der Waals surface area contributed by atoms with Crippen LogP contribution in [0.15, 0.2) is 21.5 Å². The average molecular weight is 386 g/mol. The van der Waals surface area contributed by atoms with Gasteiger partial charge in [-0.1, -0.05) is 11.3 Å². The smallest absolute Gasteiger partial charge is 0.256 e. The number of nitrogens with two attached hydrogens (primary N) is 1. The number of sulfone groups is 1. The summed E-state index contributed by atoms with van der Waals surface area (Å²) in [5.74, 6) is 0.0693. The maximum Gasteiger partial charge on any atom is 0.256 e. The maximum atomic E-state index is 12.9. The van der Waals surface area contributed by atoms with Gasteiger partial charge in [0.05, 0.1) is 22.2 Å². The Bertz CT molecular complexity index is 1220. The van der Waals surface area contributed by atoms with Crippen LogP contribution in [0.25, 0.3) is 11.0 Å². The molecule has 0 atom stereocenters. The lowest BCUT2D eigenvalue weighted by atomic mass is 10.1. The van der Waals surface area contributed by atoms with E-state index in [1.165, 1.54) is 17.0 Å². The molecule has 0 amide bonds. The van der Waals surface area contributed by atoms with Gasteiger partial charge in [0.2, 0.25) is 14.5 Å². The Morgan fingerprint density at radius 2 is 1.65 bits per heavy atom. The first kappa shape index (κ1) is 17.5. The van der Waals surface area contributed by atoms with Crippen molar-refractivity contribution >= 4 is 43.2 Å². The van der Waals surface area contributed by atoms with E-state index in [0.717, 1.165) is 0 Å². The molecule has 1 aromatic carbocycles. The van der Waals surface area contributed by atoms with E-state index in [9.17, 15) is 8.42 Å². The van der Waals surface area contributed by atoms with Crippen LogP contribution >= 0.6 is 11.3 Å². The minimum atomic E-state index is -4.12. The zero-order valence-electron chi connectivity index (χ0n) is 13.5. The Kier molecular flexibility index (Phi) is 4.15. The summed E-state index contributed by atoms with van der Waals surface area (Å²) < 4.78 is 25.5. The zero-order valence-corrected chi connectivity index (χ0v) is 15.1. The molecule has 2 N–H and O–H groups in total. The summed E-state index contributed by atoms with van der Waals surface area (Å²) >= 11 is 0.715. The number of hydrogen-bond acceptors (Lipinski definition) is 11. The van der Waals surface area contributed by atoms with Crippen molar-refractivity contribution in [3.63, 3.8) is 0 Å². The minimum absolute atomic E-state index is 0.00848. The van der Waals surface area contributed by atoms with Gasteiger partial charge in [0.25, 0.3) is 9.84 Å². The van der Waals surface area contributed by atoms with Crippen LogP contribution in [-0.4, -0.2) is 42.7 Å². The fraction of sp³-hybridized carbons (Fsp3) is 0.143. The van der Waals surface area contributed by atoms with Crippen molar-refractivity contribution in [1.29, 1.82) is 10.5 Å². The van der Waals surface area contributed by atoms with Crippen LogP contribution in [-0.2, 0) is 9.84 Å². The number of nitriles is 2. The normalized spacial score (nSPS) is 11.1. The van der Waals surface area contributed by atoms with Gasteiger partial charge < -0.3 is 10.6 Å². The number of rotatable bonds is 3. The lowest BCUT2D eigenvalue weighted by Crippen LogP contribution is -2.18. The Balaban J connectivity index is 2.36. The van der Waals surface area contributed by atoms with Gasteiger partial charge in [-0.15, -0.1) is 10.2 Å². The van der Waals surface area contributed by atoms with Crippen LogP contribution in [0.3, 0.4) is 0 Å². The first-order valence-electron chi connectivity index (χ1n) is 6.95. The van der Waals surface area contributed by atoms with Gasteiger partial charge in [-0.2, -0.15) is 10.5 Å².